The minimum absolute atomic E-state index is 0.0972. The van der Waals surface area contributed by atoms with Crippen molar-refractivity contribution in [1.29, 1.82) is 0 Å². The number of benzene rings is 1. The monoisotopic (exact) mass is 273 g/mol. The Morgan fingerprint density at radius 1 is 1.20 bits per heavy atom. The first-order chi connectivity index (χ1) is 9.51. The number of hydrogen-bond donors (Lipinski definition) is 1. The average Bonchev–Trinajstić information content (AvgIpc) is 3.05. The molecular formula is C16H19NO3. The van der Waals surface area contributed by atoms with Gasteiger partial charge in [-0.3, -0.25) is 9.59 Å². The summed E-state index contributed by atoms with van der Waals surface area (Å²) in [5.74, 6) is -1.28. The van der Waals surface area contributed by atoms with Crippen LogP contribution in [0, 0.1) is 11.3 Å². The Morgan fingerprint density at radius 3 is 2.40 bits per heavy atom. The maximum Gasteiger partial charge on any atom is 0.308 e. The highest BCUT2D eigenvalue weighted by Gasteiger charge is 2.50. The van der Waals surface area contributed by atoms with Gasteiger partial charge in [-0.05, 0) is 18.4 Å². The molecule has 2 atom stereocenters. The van der Waals surface area contributed by atoms with E-state index in [0.29, 0.717) is 13.1 Å². The summed E-state index contributed by atoms with van der Waals surface area (Å²) in [6.07, 6.45) is 1.85. The van der Waals surface area contributed by atoms with Crippen LogP contribution in [0.4, 0.5) is 0 Å². The Hall–Kier alpha value is -1.84. The summed E-state index contributed by atoms with van der Waals surface area (Å²) in [5.41, 5.74) is 0.783. The highest BCUT2D eigenvalue weighted by molar-refractivity contribution is 5.86. The summed E-state index contributed by atoms with van der Waals surface area (Å²) in [4.78, 5) is 25.6. The van der Waals surface area contributed by atoms with Gasteiger partial charge in [0.2, 0.25) is 5.91 Å². The van der Waals surface area contributed by atoms with E-state index in [-0.39, 0.29) is 17.2 Å². The van der Waals surface area contributed by atoms with Crippen molar-refractivity contribution < 1.29 is 14.7 Å². The Labute approximate surface area is 118 Å². The molecule has 1 saturated carbocycles. The van der Waals surface area contributed by atoms with Gasteiger partial charge < -0.3 is 10.0 Å². The molecule has 4 nitrogen and oxygen atoms in total. The maximum absolute atomic E-state index is 12.4. The Kier molecular flexibility index (Phi) is 3.04. The molecule has 106 valence electrons. The molecule has 1 aromatic rings. The third-order valence-corrected chi connectivity index (χ3v) is 4.67. The maximum atomic E-state index is 12.4. The van der Waals surface area contributed by atoms with Crippen molar-refractivity contribution in [2.45, 2.75) is 25.7 Å². The van der Waals surface area contributed by atoms with Crippen LogP contribution in [0.15, 0.2) is 30.3 Å². The normalized spacial score (nSPS) is 27.4. The molecule has 0 unspecified atom stereocenters. The summed E-state index contributed by atoms with van der Waals surface area (Å²) >= 11 is 0. The molecule has 0 radical (unpaired) electrons. The van der Waals surface area contributed by atoms with E-state index in [9.17, 15) is 14.7 Å². The van der Waals surface area contributed by atoms with E-state index in [4.69, 9.17) is 0 Å². The quantitative estimate of drug-likeness (QED) is 0.917. The predicted octanol–water partition coefficient (Wildman–Crippen LogP) is 2.11. The molecule has 1 aliphatic carbocycles. The molecule has 1 heterocycles. The lowest BCUT2D eigenvalue weighted by Crippen LogP contribution is -2.35. The molecule has 20 heavy (non-hydrogen) atoms. The van der Waals surface area contributed by atoms with E-state index in [1.165, 1.54) is 0 Å². The fourth-order valence-electron chi connectivity index (χ4n) is 3.04. The molecule has 1 aromatic carbocycles. The molecule has 2 aliphatic rings. The number of carboxylic acid groups (broad SMARTS) is 1. The van der Waals surface area contributed by atoms with Crippen molar-refractivity contribution in [2.24, 2.45) is 11.3 Å². The topological polar surface area (TPSA) is 57.6 Å². The first-order valence-electron chi connectivity index (χ1n) is 7.08. The van der Waals surface area contributed by atoms with Crippen LogP contribution in [-0.4, -0.2) is 35.0 Å². The zero-order valence-electron chi connectivity index (χ0n) is 11.6. The van der Waals surface area contributed by atoms with Gasteiger partial charge in [0.1, 0.15) is 0 Å². The van der Waals surface area contributed by atoms with Gasteiger partial charge in [-0.2, -0.15) is 0 Å². The summed E-state index contributed by atoms with van der Waals surface area (Å²) in [5, 5.41) is 9.43. The van der Waals surface area contributed by atoms with Gasteiger partial charge in [-0.15, -0.1) is 0 Å². The second kappa shape index (κ2) is 4.62. The summed E-state index contributed by atoms with van der Waals surface area (Å²) < 4.78 is 0. The molecule has 1 aliphatic heterocycles. The van der Waals surface area contributed by atoms with Crippen molar-refractivity contribution in [1.82, 2.24) is 4.90 Å². The van der Waals surface area contributed by atoms with E-state index in [2.05, 4.69) is 0 Å². The molecular weight excluding hydrogens is 254 g/mol. The third kappa shape index (κ3) is 2.19. The number of rotatable bonds is 3. The lowest BCUT2D eigenvalue weighted by atomic mass is 9.89. The van der Waals surface area contributed by atoms with Crippen LogP contribution < -0.4 is 0 Å². The van der Waals surface area contributed by atoms with Crippen molar-refractivity contribution in [3.8, 4) is 0 Å². The SMILES string of the molecule is CC1(C(=O)N2C[C@H](C(=O)O)[C@H](c3ccccc3)C2)CC1. The number of hydrogen-bond acceptors (Lipinski definition) is 2. The molecule has 0 spiro atoms. The summed E-state index contributed by atoms with van der Waals surface area (Å²) in [7, 11) is 0. The zero-order valence-corrected chi connectivity index (χ0v) is 11.6. The minimum atomic E-state index is -0.810. The Bertz CT molecular complexity index is 536. The molecule has 1 N–H and O–H groups in total. The number of amides is 1. The second-order valence-electron chi connectivity index (χ2n) is 6.23. The van der Waals surface area contributed by atoms with Crippen molar-refractivity contribution in [3.05, 3.63) is 35.9 Å². The van der Waals surface area contributed by atoms with Gasteiger partial charge >= 0.3 is 5.97 Å². The van der Waals surface area contributed by atoms with Gasteiger partial charge in [0.15, 0.2) is 0 Å². The van der Waals surface area contributed by atoms with E-state index in [1.807, 2.05) is 37.3 Å². The van der Waals surface area contributed by atoms with Gasteiger partial charge in [0, 0.05) is 24.4 Å². The van der Waals surface area contributed by atoms with Crippen LogP contribution in [0.25, 0.3) is 0 Å². The predicted molar refractivity (Wildman–Crippen MR) is 74.2 cm³/mol. The fraction of sp³-hybridized carbons (Fsp3) is 0.500. The highest BCUT2D eigenvalue weighted by Crippen LogP contribution is 2.48. The minimum Gasteiger partial charge on any atom is -0.481 e. The fourth-order valence-corrected chi connectivity index (χ4v) is 3.04. The van der Waals surface area contributed by atoms with Crippen LogP contribution in [0.3, 0.4) is 0 Å². The second-order valence-corrected chi connectivity index (χ2v) is 6.23. The summed E-state index contributed by atoms with van der Waals surface area (Å²) in [6, 6.07) is 9.66. The molecule has 3 rings (SSSR count). The Balaban J connectivity index is 1.83. The zero-order chi connectivity index (χ0) is 14.3. The lowest BCUT2D eigenvalue weighted by molar-refractivity contribution is -0.142. The van der Waals surface area contributed by atoms with Crippen LogP contribution in [-0.2, 0) is 9.59 Å². The number of carbonyl (C=O) groups excluding carboxylic acids is 1. The molecule has 2 fully saturated rings. The van der Waals surface area contributed by atoms with Gasteiger partial charge in [0.25, 0.3) is 0 Å². The summed E-state index contributed by atoms with van der Waals surface area (Å²) in [6.45, 7) is 2.83. The number of likely N-dealkylation sites (tertiary alicyclic amines) is 1. The van der Waals surface area contributed by atoms with Crippen LogP contribution in [0.5, 0.6) is 0 Å². The molecule has 4 heteroatoms. The number of aliphatic carboxylic acids is 1. The first kappa shape index (κ1) is 13.2. The van der Waals surface area contributed by atoms with Crippen molar-refractivity contribution >= 4 is 11.9 Å². The van der Waals surface area contributed by atoms with E-state index in [0.717, 1.165) is 18.4 Å². The third-order valence-electron chi connectivity index (χ3n) is 4.67. The smallest absolute Gasteiger partial charge is 0.308 e. The van der Waals surface area contributed by atoms with Crippen molar-refractivity contribution in [3.63, 3.8) is 0 Å². The Morgan fingerprint density at radius 2 is 1.85 bits per heavy atom. The van der Waals surface area contributed by atoms with Gasteiger partial charge in [-0.25, -0.2) is 0 Å². The number of carboxylic acids is 1. The van der Waals surface area contributed by atoms with Crippen LogP contribution in [0.1, 0.15) is 31.2 Å². The van der Waals surface area contributed by atoms with E-state index in [1.54, 1.807) is 4.90 Å². The largest absolute Gasteiger partial charge is 0.481 e. The first-order valence-corrected chi connectivity index (χ1v) is 7.08. The van der Waals surface area contributed by atoms with Gasteiger partial charge in [-0.1, -0.05) is 37.3 Å². The van der Waals surface area contributed by atoms with Crippen LogP contribution >= 0.6 is 0 Å². The van der Waals surface area contributed by atoms with E-state index < -0.39 is 11.9 Å². The standard InChI is InChI=1S/C16H19NO3/c1-16(7-8-16)15(20)17-9-12(13(10-17)14(18)19)11-5-3-2-4-6-11/h2-6,12-13H,7-10H2,1H3,(H,18,19)/t12-,13-/m0/s1. The molecule has 1 saturated heterocycles. The lowest BCUT2D eigenvalue weighted by Gasteiger charge is -2.20. The number of carbonyl (C=O) groups is 2. The molecule has 1 amide bonds. The van der Waals surface area contributed by atoms with E-state index >= 15 is 0 Å². The average molecular weight is 273 g/mol. The number of nitrogens with zero attached hydrogens (tertiary/aromatic N) is 1. The molecule has 0 aromatic heterocycles. The van der Waals surface area contributed by atoms with Crippen LogP contribution in [0.2, 0.25) is 0 Å². The molecule has 0 bridgehead atoms. The van der Waals surface area contributed by atoms with Gasteiger partial charge in [0.05, 0.1) is 5.92 Å². The highest BCUT2D eigenvalue weighted by atomic mass is 16.4. The van der Waals surface area contributed by atoms with Crippen molar-refractivity contribution in [2.75, 3.05) is 13.1 Å².